The molecule has 1 aliphatic heterocycles. The van der Waals surface area contributed by atoms with Gasteiger partial charge in [0.2, 0.25) is 0 Å². The molecular formula is C15H23BrN2. The molecule has 1 heterocycles. The van der Waals surface area contributed by atoms with Crippen molar-refractivity contribution in [3.8, 4) is 0 Å². The van der Waals surface area contributed by atoms with Crippen molar-refractivity contribution in [3.63, 3.8) is 0 Å². The zero-order valence-electron chi connectivity index (χ0n) is 11.3. The molecule has 0 amide bonds. The van der Waals surface area contributed by atoms with Crippen LogP contribution in [-0.4, -0.2) is 24.0 Å². The van der Waals surface area contributed by atoms with Gasteiger partial charge in [-0.2, -0.15) is 0 Å². The second kappa shape index (κ2) is 6.18. The molecule has 3 heteroatoms. The van der Waals surface area contributed by atoms with Gasteiger partial charge in [0, 0.05) is 17.1 Å². The summed E-state index contributed by atoms with van der Waals surface area (Å²) in [5.41, 5.74) is 7.72. The van der Waals surface area contributed by atoms with Gasteiger partial charge in [0.15, 0.2) is 0 Å². The Labute approximate surface area is 119 Å². The molecule has 18 heavy (non-hydrogen) atoms. The van der Waals surface area contributed by atoms with E-state index in [4.69, 9.17) is 5.73 Å². The Bertz CT molecular complexity index is 392. The van der Waals surface area contributed by atoms with Crippen molar-refractivity contribution >= 4 is 15.9 Å². The van der Waals surface area contributed by atoms with Crippen LogP contribution in [-0.2, 0) is 0 Å². The molecule has 0 bridgehead atoms. The predicted octanol–water partition coefficient (Wildman–Crippen LogP) is 3.57. The number of likely N-dealkylation sites (tertiary alicyclic amines) is 1. The summed E-state index contributed by atoms with van der Waals surface area (Å²) in [4.78, 5) is 2.55. The summed E-state index contributed by atoms with van der Waals surface area (Å²) in [6, 6.07) is 9.09. The van der Waals surface area contributed by atoms with Crippen LogP contribution in [0.3, 0.4) is 0 Å². The minimum Gasteiger partial charge on any atom is -0.326 e. The first-order valence-electron chi connectivity index (χ1n) is 6.83. The Morgan fingerprint density at radius 3 is 2.78 bits per heavy atom. The quantitative estimate of drug-likeness (QED) is 0.924. The Morgan fingerprint density at radius 2 is 2.11 bits per heavy atom. The molecule has 1 aliphatic rings. The van der Waals surface area contributed by atoms with Gasteiger partial charge in [-0.3, -0.25) is 4.90 Å². The number of hydrogen-bond acceptors (Lipinski definition) is 2. The zero-order valence-corrected chi connectivity index (χ0v) is 12.9. The van der Waals surface area contributed by atoms with Crippen molar-refractivity contribution in [2.75, 3.05) is 13.1 Å². The van der Waals surface area contributed by atoms with Crippen molar-refractivity contribution in [1.82, 2.24) is 4.90 Å². The molecule has 2 rings (SSSR count). The maximum atomic E-state index is 6.38. The molecule has 1 fully saturated rings. The molecular weight excluding hydrogens is 288 g/mol. The average molecular weight is 311 g/mol. The molecule has 1 saturated heterocycles. The SMILES string of the molecule is CC(C)CN1CCCC(N)C1c1ccccc1Br. The van der Waals surface area contributed by atoms with Crippen LogP contribution in [0.5, 0.6) is 0 Å². The summed E-state index contributed by atoms with van der Waals surface area (Å²) in [5, 5.41) is 0. The molecule has 0 radical (unpaired) electrons. The molecule has 1 aromatic carbocycles. The van der Waals surface area contributed by atoms with Crippen LogP contribution in [0, 0.1) is 5.92 Å². The van der Waals surface area contributed by atoms with Crippen molar-refractivity contribution in [2.24, 2.45) is 11.7 Å². The minimum absolute atomic E-state index is 0.246. The minimum atomic E-state index is 0.246. The maximum Gasteiger partial charge on any atom is 0.0510 e. The van der Waals surface area contributed by atoms with Crippen LogP contribution in [0.1, 0.15) is 38.3 Å². The monoisotopic (exact) mass is 310 g/mol. The number of nitrogens with two attached hydrogens (primary N) is 1. The molecule has 2 nitrogen and oxygen atoms in total. The van der Waals surface area contributed by atoms with Crippen LogP contribution < -0.4 is 5.73 Å². The molecule has 100 valence electrons. The van der Waals surface area contributed by atoms with Crippen LogP contribution >= 0.6 is 15.9 Å². The van der Waals surface area contributed by atoms with Gasteiger partial charge in [-0.1, -0.05) is 48.0 Å². The first kappa shape index (κ1) is 14.0. The van der Waals surface area contributed by atoms with E-state index in [2.05, 4.69) is 58.9 Å². The van der Waals surface area contributed by atoms with Crippen LogP contribution in [0.4, 0.5) is 0 Å². The smallest absolute Gasteiger partial charge is 0.0510 e. The van der Waals surface area contributed by atoms with E-state index in [1.54, 1.807) is 0 Å². The highest BCUT2D eigenvalue weighted by molar-refractivity contribution is 9.10. The normalized spacial score (nSPS) is 25.6. The summed E-state index contributed by atoms with van der Waals surface area (Å²) < 4.78 is 1.18. The van der Waals surface area contributed by atoms with E-state index in [1.165, 1.54) is 16.5 Å². The van der Waals surface area contributed by atoms with Crippen molar-refractivity contribution in [3.05, 3.63) is 34.3 Å². The molecule has 0 aliphatic carbocycles. The van der Waals surface area contributed by atoms with Crippen LogP contribution in [0.25, 0.3) is 0 Å². The standard InChI is InChI=1S/C15H23BrN2/c1-11(2)10-18-9-5-8-14(17)15(18)12-6-3-4-7-13(12)16/h3-4,6-7,11,14-15H,5,8-10,17H2,1-2H3. The van der Waals surface area contributed by atoms with Gasteiger partial charge >= 0.3 is 0 Å². The number of benzene rings is 1. The van der Waals surface area contributed by atoms with Gasteiger partial charge in [-0.25, -0.2) is 0 Å². The largest absolute Gasteiger partial charge is 0.326 e. The van der Waals surface area contributed by atoms with Gasteiger partial charge in [0.25, 0.3) is 0 Å². The Hall–Kier alpha value is -0.380. The van der Waals surface area contributed by atoms with E-state index in [0.717, 1.165) is 19.5 Å². The lowest BCUT2D eigenvalue weighted by atomic mass is 9.90. The van der Waals surface area contributed by atoms with E-state index in [0.29, 0.717) is 12.0 Å². The van der Waals surface area contributed by atoms with Crippen LogP contribution in [0.15, 0.2) is 28.7 Å². The molecule has 1 aromatic rings. The second-order valence-electron chi connectivity index (χ2n) is 5.66. The number of halogens is 1. The molecule has 0 aromatic heterocycles. The fourth-order valence-corrected chi connectivity index (χ4v) is 3.43. The third-order valence-electron chi connectivity index (χ3n) is 3.61. The number of nitrogens with zero attached hydrogens (tertiary/aromatic N) is 1. The van der Waals surface area contributed by atoms with Crippen molar-refractivity contribution < 1.29 is 0 Å². The second-order valence-corrected chi connectivity index (χ2v) is 6.52. The van der Waals surface area contributed by atoms with E-state index < -0.39 is 0 Å². The first-order chi connectivity index (χ1) is 8.59. The van der Waals surface area contributed by atoms with Gasteiger partial charge in [0.05, 0.1) is 6.04 Å². The lowest BCUT2D eigenvalue weighted by molar-refractivity contribution is 0.113. The lowest BCUT2D eigenvalue weighted by Crippen LogP contribution is -2.47. The van der Waals surface area contributed by atoms with Gasteiger partial charge in [0.1, 0.15) is 0 Å². The third-order valence-corrected chi connectivity index (χ3v) is 4.33. The average Bonchev–Trinajstić information content (AvgIpc) is 2.30. The molecule has 2 N–H and O–H groups in total. The van der Waals surface area contributed by atoms with Crippen molar-refractivity contribution in [1.29, 1.82) is 0 Å². The number of piperidine rings is 1. The van der Waals surface area contributed by atoms with Gasteiger partial charge in [-0.05, 0) is 36.9 Å². The third kappa shape index (κ3) is 3.14. The highest BCUT2D eigenvalue weighted by Gasteiger charge is 2.31. The molecule has 0 saturated carbocycles. The van der Waals surface area contributed by atoms with E-state index >= 15 is 0 Å². The highest BCUT2D eigenvalue weighted by Crippen LogP contribution is 2.34. The summed E-state index contributed by atoms with van der Waals surface area (Å²) in [6.07, 6.45) is 2.34. The van der Waals surface area contributed by atoms with E-state index in [9.17, 15) is 0 Å². The summed E-state index contributed by atoms with van der Waals surface area (Å²) >= 11 is 3.67. The summed E-state index contributed by atoms with van der Waals surface area (Å²) in [6.45, 7) is 6.84. The molecule has 2 atom stereocenters. The van der Waals surface area contributed by atoms with Crippen molar-refractivity contribution in [2.45, 2.75) is 38.8 Å². The van der Waals surface area contributed by atoms with E-state index in [1.807, 2.05) is 0 Å². The Morgan fingerprint density at radius 1 is 1.39 bits per heavy atom. The lowest BCUT2D eigenvalue weighted by Gasteiger charge is -2.41. The predicted molar refractivity (Wildman–Crippen MR) is 80.5 cm³/mol. The van der Waals surface area contributed by atoms with E-state index in [-0.39, 0.29) is 6.04 Å². The van der Waals surface area contributed by atoms with Gasteiger partial charge in [-0.15, -0.1) is 0 Å². The fourth-order valence-electron chi connectivity index (χ4n) is 2.91. The molecule has 2 unspecified atom stereocenters. The maximum absolute atomic E-state index is 6.38. The number of hydrogen-bond donors (Lipinski definition) is 1. The Balaban J connectivity index is 2.27. The first-order valence-corrected chi connectivity index (χ1v) is 7.63. The zero-order chi connectivity index (χ0) is 13.1. The summed E-state index contributed by atoms with van der Waals surface area (Å²) in [5.74, 6) is 0.681. The fraction of sp³-hybridized carbons (Fsp3) is 0.600. The van der Waals surface area contributed by atoms with Crippen LogP contribution in [0.2, 0.25) is 0 Å². The van der Waals surface area contributed by atoms with Gasteiger partial charge < -0.3 is 5.73 Å². The topological polar surface area (TPSA) is 29.3 Å². The highest BCUT2D eigenvalue weighted by atomic mass is 79.9. The Kier molecular flexibility index (Phi) is 4.82. The molecule has 0 spiro atoms. The summed E-state index contributed by atoms with van der Waals surface area (Å²) in [7, 11) is 0. The number of rotatable bonds is 3.